The van der Waals surface area contributed by atoms with E-state index < -0.39 is 11.3 Å². The smallest absolute Gasteiger partial charge is 0.232 e. The van der Waals surface area contributed by atoms with Crippen LogP contribution in [0.5, 0.6) is 0 Å². The van der Waals surface area contributed by atoms with E-state index in [9.17, 15) is 4.21 Å². The Morgan fingerprint density at radius 2 is 1.96 bits per heavy atom. The highest BCUT2D eigenvalue weighted by Crippen LogP contribution is 2.63. The number of rotatable bonds is 9. The van der Waals surface area contributed by atoms with E-state index in [0.717, 1.165) is 17.4 Å². The Morgan fingerprint density at radius 1 is 1.25 bits per heavy atom. The van der Waals surface area contributed by atoms with Crippen LogP contribution in [0.2, 0.25) is 0 Å². The third kappa shape index (κ3) is 3.59. The molecule has 1 saturated heterocycles. The average Bonchev–Trinajstić information content (AvgIpc) is 2.94. The summed E-state index contributed by atoms with van der Waals surface area (Å²) in [4.78, 5) is 2.64. The van der Waals surface area contributed by atoms with Crippen molar-refractivity contribution in [3.63, 3.8) is 0 Å². The molecule has 24 heavy (non-hydrogen) atoms. The molecule has 3 atom stereocenters. The second-order valence-corrected chi connectivity index (χ2v) is 8.33. The Balaban J connectivity index is 1.59. The van der Waals surface area contributed by atoms with Crippen molar-refractivity contribution in [1.82, 2.24) is 9.62 Å². The first-order valence-electron chi connectivity index (χ1n) is 9.22. The summed E-state index contributed by atoms with van der Waals surface area (Å²) in [6.45, 7) is 8.76. The first-order valence-corrected chi connectivity index (χ1v) is 10.3. The Bertz CT molecular complexity index is 580. The van der Waals surface area contributed by atoms with Crippen molar-refractivity contribution < 1.29 is 8.76 Å². The fourth-order valence-electron chi connectivity index (χ4n) is 4.65. The molecule has 1 saturated carbocycles. The Kier molecular flexibility index (Phi) is 5.75. The second-order valence-electron chi connectivity index (χ2n) is 7.54. The number of benzene rings is 1. The van der Waals surface area contributed by atoms with E-state index >= 15 is 0 Å². The number of fused-ring (bicyclic) bond motifs is 1. The fraction of sp³-hybridized carbons (Fsp3) is 0.684. The largest absolute Gasteiger partial charge is 0.303 e. The Labute approximate surface area is 148 Å². The number of hydrogen-bond donors (Lipinski definition) is 2. The summed E-state index contributed by atoms with van der Waals surface area (Å²) < 4.78 is 22.6. The molecular weight excluding hydrogens is 320 g/mol. The molecule has 2 aliphatic rings. The zero-order valence-corrected chi connectivity index (χ0v) is 15.6. The predicted octanol–water partition coefficient (Wildman–Crippen LogP) is 3.31. The lowest BCUT2D eigenvalue weighted by Crippen LogP contribution is -2.30. The van der Waals surface area contributed by atoms with Crippen LogP contribution in [0.3, 0.4) is 0 Å². The van der Waals surface area contributed by atoms with Crippen LogP contribution in [0.4, 0.5) is 0 Å². The van der Waals surface area contributed by atoms with Gasteiger partial charge in [-0.15, -0.1) is 0 Å². The molecular formula is C19H30N2O2S. The molecule has 2 N–H and O–H groups in total. The van der Waals surface area contributed by atoms with Crippen LogP contribution < -0.4 is 4.72 Å². The number of unbranched alkanes of at least 4 members (excludes halogenated alkanes) is 3. The summed E-state index contributed by atoms with van der Waals surface area (Å²) >= 11 is -1.96. The van der Waals surface area contributed by atoms with Gasteiger partial charge in [-0.2, -0.15) is 0 Å². The van der Waals surface area contributed by atoms with E-state index in [1.54, 1.807) is 0 Å². The minimum absolute atomic E-state index is 0.245. The van der Waals surface area contributed by atoms with Crippen LogP contribution in [0.15, 0.2) is 24.3 Å². The molecule has 4 nitrogen and oxygen atoms in total. The zero-order chi connectivity index (χ0) is 17.2. The zero-order valence-electron chi connectivity index (χ0n) is 14.8. The van der Waals surface area contributed by atoms with E-state index in [1.165, 1.54) is 50.9 Å². The predicted molar refractivity (Wildman–Crippen MR) is 99.0 cm³/mol. The standard InChI is InChI=1S/C19H30N2O2S/c1-3-4-5-8-11-21-13-17-18(14-21)19(17,2)16-10-7-6-9-15(16)12-20-24(22)23/h6-7,9-10,17-18,20H,3-5,8,11-14H2,1-2H3,(H,22,23). The molecule has 0 bridgehead atoms. The number of hydrogen-bond acceptors (Lipinski definition) is 2. The van der Waals surface area contributed by atoms with Gasteiger partial charge < -0.3 is 4.90 Å². The topological polar surface area (TPSA) is 52.6 Å². The van der Waals surface area contributed by atoms with Crippen LogP contribution in [0, 0.1) is 11.8 Å². The van der Waals surface area contributed by atoms with Gasteiger partial charge in [-0.05, 0) is 35.9 Å². The number of nitrogens with one attached hydrogen (secondary N) is 1. The van der Waals surface area contributed by atoms with E-state index in [4.69, 9.17) is 4.55 Å². The van der Waals surface area contributed by atoms with E-state index in [0.29, 0.717) is 6.54 Å². The summed E-state index contributed by atoms with van der Waals surface area (Å²) in [5, 5.41) is 0. The molecule has 3 rings (SSSR count). The highest BCUT2D eigenvalue weighted by Gasteiger charge is 2.65. The molecule has 0 spiro atoms. The van der Waals surface area contributed by atoms with Crippen molar-refractivity contribution in [3.8, 4) is 0 Å². The first kappa shape index (κ1) is 18.1. The minimum Gasteiger partial charge on any atom is -0.303 e. The maximum absolute atomic E-state index is 10.9. The lowest BCUT2D eigenvalue weighted by molar-refractivity contribution is 0.271. The summed E-state index contributed by atoms with van der Waals surface area (Å²) in [6, 6.07) is 8.40. The molecule has 1 heterocycles. The van der Waals surface area contributed by atoms with Gasteiger partial charge in [0.1, 0.15) is 0 Å². The highest BCUT2D eigenvalue weighted by molar-refractivity contribution is 7.77. The molecule has 1 aromatic carbocycles. The van der Waals surface area contributed by atoms with Gasteiger partial charge in [0.05, 0.1) is 0 Å². The van der Waals surface area contributed by atoms with Crippen molar-refractivity contribution in [2.75, 3.05) is 19.6 Å². The van der Waals surface area contributed by atoms with Gasteiger partial charge in [-0.25, -0.2) is 8.93 Å². The molecule has 2 fully saturated rings. The average molecular weight is 351 g/mol. The second kappa shape index (κ2) is 7.65. The quantitative estimate of drug-likeness (QED) is 0.531. The molecule has 5 heteroatoms. The molecule has 0 radical (unpaired) electrons. The highest BCUT2D eigenvalue weighted by atomic mass is 32.2. The third-order valence-electron chi connectivity index (χ3n) is 6.14. The molecule has 0 aromatic heterocycles. The van der Waals surface area contributed by atoms with Crippen molar-refractivity contribution >= 4 is 11.3 Å². The van der Waals surface area contributed by atoms with Gasteiger partial charge in [-0.3, -0.25) is 4.55 Å². The maximum atomic E-state index is 10.9. The van der Waals surface area contributed by atoms with Gasteiger partial charge in [0.15, 0.2) is 0 Å². The molecule has 1 aliphatic carbocycles. The molecule has 1 aromatic rings. The van der Waals surface area contributed by atoms with Gasteiger partial charge >= 0.3 is 0 Å². The first-order chi connectivity index (χ1) is 11.6. The molecule has 0 amide bonds. The van der Waals surface area contributed by atoms with Gasteiger partial charge in [-0.1, -0.05) is 57.4 Å². The van der Waals surface area contributed by atoms with Crippen molar-refractivity contribution in [2.45, 2.75) is 51.5 Å². The fourth-order valence-corrected chi connectivity index (χ4v) is 4.93. The van der Waals surface area contributed by atoms with E-state index in [1.807, 2.05) is 6.07 Å². The van der Waals surface area contributed by atoms with Crippen LogP contribution in [0.25, 0.3) is 0 Å². The molecule has 3 unspecified atom stereocenters. The molecule has 134 valence electrons. The third-order valence-corrected chi connectivity index (χ3v) is 6.53. The normalized spacial score (nSPS) is 30.3. The number of likely N-dealkylation sites (tertiary alicyclic amines) is 1. The van der Waals surface area contributed by atoms with Crippen molar-refractivity contribution in [2.24, 2.45) is 11.8 Å². The Morgan fingerprint density at radius 3 is 2.62 bits per heavy atom. The van der Waals surface area contributed by atoms with Crippen LogP contribution >= 0.6 is 0 Å². The number of nitrogens with zero attached hydrogens (tertiary/aromatic N) is 1. The van der Waals surface area contributed by atoms with Crippen LogP contribution in [0.1, 0.15) is 50.7 Å². The summed E-state index contributed by atoms with van der Waals surface area (Å²) in [5.74, 6) is 1.48. The lowest BCUT2D eigenvalue weighted by atomic mass is 9.88. The minimum atomic E-state index is -1.96. The van der Waals surface area contributed by atoms with Crippen molar-refractivity contribution in [1.29, 1.82) is 0 Å². The van der Waals surface area contributed by atoms with Crippen LogP contribution in [-0.2, 0) is 23.2 Å². The van der Waals surface area contributed by atoms with Crippen LogP contribution in [-0.4, -0.2) is 33.3 Å². The summed E-state index contributed by atoms with van der Waals surface area (Å²) in [5.41, 5.74) is 2.77. The SMILES string of the molecule is CCCCCCN1CC2C(C1)C2(C)c1ccccc1CNS(=O)O. The van der Waals surface area contributed by atoms with Crippen molar-refractivity contribution in [3.05, 3.63) is 35.4 Å². The van der Waals surface area contributed by atoms with Gasteiger partial charge in [0.25, 0.3) is 0 Å². The van der Waals surface area contributed by atoms with Gasteiger partial charge in [0, 0.05) is 25.0 Å². The summed E-state index contributed by atoms with van der Waals surface area (Å²) in [6.07, 6.45) is 5.33. The maximum Gasteiger partial charge on any atom is 0.232 e. The summed E-state index contributed by atoms with van der Waals surface area (Å²) in [7, 11) is 0. The Hall–Kier alpha value is -0.750. The van der Waals surface area contributed by atoms with Gasteiger partial charge in [0.2, 0.25) is 11.3 Å². The number of piperidine rings is 1. The molecule has 1 aliphatic heterocycles. The van der Waals surface area contributed by atoms with E-state index in [-0.39, 0.29) is 5.41 Å². The monoisotopic (exact) mass is 350 g/mol. The van der Waals surface area contributed by atoms with E-state index in [2.05, 4.69) is 41.7 Å². The lowest BCUT2D eigenvalue weighted by Gasteiger charge is -2.26.